The van der Waals surface area contributed by atoms with Gasteiger partial charge in [0.2, 0.25) is 0 Å². The van der Waals surface area contributed by atoms with Gasteiger partial charge in [-0.15, -0.1) is 0 Å². The van der Waals surface area contributed by atoms with Crippen molar-refractivity contribution in [2.24, 2.45) is 5.10 Å². The standard InChI is InChI=1S/C26H24N2O4S/c1-2-31-26-17-20(18-27-28-33(29,30)23-12-4-3-5-13-23)15-16-25(26)32-19-22-11-8-10-21-9-6-7-14-24(21)22/h3-18,28H,2,19H2,1H3. The quantitative estimate of drug-likeness (QED) is 0.277. The Morgan fingerprint density at radius 3 is 2.42 bits per heavy atom. The fourth-order valence-electron chi connectivity index (χ4n) is 3.39. The zero-order valence-electron chi connectivity index (χ0n) is 18.1. The lowest BCUT2D eigenvalue weighted by molar-refractivity contribution is 0.270. The first-order valence-electron chi connectivity index (χ1n) is 10.5. The van der Waals surface area contributed by atoms with E-state index in [1.165, 1.54) is 18.3 Å². The van der Waals surface area contributed by atoms with Gasteiger partial charge in [0.1, 0.15) is 6.61 Å². The number of fused-ring (bicyclic) bond motifs is 1. The van der Waals surface area contributed by atoms with E-state index in [2.05, 4.69) is 28.1 Å². The van der Waals surface area contributed by atoms with Crippen molar-refractivity contribution in [3.8, 4) is 11.5 Å². The number of hydrazone groups is 1. The molecule has 0 radical (unpaired) electrons. The van der Waals surface area contributed by atoms with Crippen molar-refractivity contribution in [1.29, 1.82) is 0 Å². The Balaban J connectivity index is 1.48. The van der Waals surface area contributed by atoms with E-state index in [0.29, 0.717) is 30.3 Å². The third kappa shape index (κ3) is 5.51. The molecular weight excluding hydrogens is 436 g/mol. The van der Waals surface area contributed by atoms with E-state index in [1.807, 2.05) is 31.2 Å². The number of hydrogen-bond acceptors (Lipinski definition) is 5. The lowest BCUT2D eigenvalue weighted by Crippen LogP contribution is -2.18. The molecule has 0 aliphatic rings. The van der Waals surface area contributed by atoms with Gasteiger partial charge in [0, 0.05) is 0 Å². The average molecular weight is 461 g/mol. The SMILES string of the molecule is CCOc1cc(C=NNS(=O)(=O)c2ccccc2)ccc1OCc1cccc2ccccc12. The van der Waals surface area contributed by atoms with Crippen LogP contribution in [0.25, 0.3) is 10.8 Å². The summed E-state index contributed by atoms with van der Waals surface area (Å²) in [6.45, 7) is 2.75. The molecule has 0 amide bonds. The first-order valence-corrected chi connectivity index (χ1v) is 12.0. The number of nitrogens with zero attached hydrogens (tertiary/aromatic N) is 1. The lowest BCUT2D eigenvalue weighted by Gasteiger charge is -2.13. The molecule has 0 saturated heterocycles. The van der Waals surface area contributed by atoms with Crippen molar-refractivity contribution in [3.63, 3.8) is 0 Å². The van der Waals surface area contributed by atoms with Crippen LogP contribution in [0.1, 0.15) is 18.1 Å². The van der Waals surface area contributed by atoms with Gasteiger partial charge in [-0.3, -0.25) is 0 Å². The maximum Gasteiger partial charge on any atom is 0.276 e. The summed E-state index contributed by atoms with van der Waals surface area (Å²) < 4.78 is 36.4. The molecule has 7 heteroatoms. The normalized spacial score (nSPS) is 11.5. The number of hydrogen-bond donors (Lipinski definition) is 1. The van der Waals surface area contributed by atoms with Crippen molar-refractivity contribution in [2.75, 3.05) is 6.61 Å². The van der Waals surface area contributed by atoms with Crippen LogP contribution < -0.4 is 14.3 Å². The van der Waals surface area contributed by atoms with E-state index in [4.69, 9.17) is 9.47 Å². The first kappa shape index (κ1) is 22.4. The molecule has 0 saturated carbocycles. The molecule has 33 heavy (non-hydrogen) atoms. The molecule has 0 unspecified atom stereocenters. The fraction of sp³-hybridized carbons (Fsp3) is 0.115. The van der Waals surface area contributed by atoms with Crippen molar-refractivity contribution < 1.29 is 17.9 Å². The molecule has 0 fully saturated rings. The largest absolute Gasteiger partial charge is 0.490 e. The maximum atomic E-state index is 12.3. The van der Waals surface area contributed by atoms with Crippen LogP contribution in [0.4, 0.5) is 0 Å². The minimum atomic E-state index is -3.72. The van der Waals surface area contributed by atoms with E-state index < -0.39 is 10.0 Å². The second kappa shape index (κ2) is 10.2. The highest BCUT2D eigenvalue weighted by Gasteiger charge is 2.12. The molecule has 0 aliphatic heterocycles. The van der Waals surface area contributed by atoms with E-state index in [1.54, 1.807) is 36.4 Å². The molecule has 0 heterocycles. The summed E-state index contributed by atoms with van der Waals surface area (Å²) in [4.78, 5) is 2.37. The van der Waals surface area contributed by atoms with Gasteiger partial charge in [-0.05, 0) is 59.2 Å². The molecule has 1 N–H and O–H groups in total. The smallest absolute Gasteiger partial charge is 0.276 e. The summed E-state index contributed by atoms with van der Waals surface area (Å²) in [5, 5.41) is 6.20. The molecule has 0 bridgehead atoms. The van der Waals surface area contributed by atoms with Gasteiger partial charge in [-0.25, -0.2) is 4.83 Å². The van der Waals surface area contributed by atoms with Gasteiger partial charge in [0.15, 0.2) is 11.5 Å². The molecule has 0 aliphatic carbocycles. The molecule has 0 spiro atoms. The van der Waals surface area contributed by atoms with E-state index in [-0.39, 0.29) is 4.90 Å². The Hall–Kier alpha value is -3.84. The molecule has 0 atom stereocenters. The van der Waals surface area contributed by atoms with Crippen LogP contribution in [0.2, 0.25) is 0 Å². The van der Waals surface area contributed by atoms with Gasteiger partial charge < -0.3 is 9.47 Å². The number of sulfonamides is 1. The van der Waals surface area contributed by atoms with Gasteiger partial charge in [-0.2, -0.15) is 13.5 Å². The zero-order valence-corrected chi connectivity index (χ0v) is 19.0. The Kier molecular flexibility index (Phi) is 6.90. The number of benzene rings is 4. The average Bonchev–Trinajstić information content (AvgIpc) is 2.84. The predicted molar refractivity (Wildman–Crippen MR) is 130 cm³/mol. The van der Waals surface area contributed by atoms with Crippen LogP contribution in [0.5, 0.6) is 11.5 Å². The highest BCUT2D eigenvalue weighted by atomic mass is 32.2. The summed E-state index contributed by atoms with van der Waals surface area (Å²) in [5.74, 6) is 1.17. The topological polar surface area (TPSA) is 77.0 Å². The zero-order chi connectivity index (χ0) is 23.1. The summed E-state index contributed by atoms with van der Waals surface area (Å²) in [5.41, 5.74) is 1.75. The van der Waals surface area contributed by atoms with Gasteiger partial charge >= 0.3 is 0 Å². The minimum Gasteiger partial charge on any atom is -0.490 e. The molecule has 6 nitrogen and oxygen atoms in total. The lowest BCUT2D eigenvalue weighted by atomic mass is 10.1. The van der Waals surface area contributed by atoms with E-state index in [0.717, 1.165) is 16.3 Å². The molecular formula is C26H24N2O4S. The highest BCUT2D eigenvalue weighted by Crippen LogP contribution is 2.30. The van der Waals surface area contributed by atoms with E-state index in [9.17, 15) is 8.42 Å². The van der Waals surface area contributed by atoms with Crippen molar-refractivity contribution in [2.45, 2.75) is 18.4 Å². The molecule has 4 aromatic rings. The van der Waals surface area contributed by atoms with Crippen LogP contribution in [0, 0.1) is 0 Å². The fourth-order valence-corrected chi connectivity index (χ4v) is 4.20. The van der Waals surface area contributed by atoms with Crippen LogP contribution in [0.3, 0.4) is 0 Å². The summed E-state index contributed by atoms with van der Waals surface area (Å²) in [6, 6.07) is 27.7. The maximum absolute atomic E-state index is 12.3. The van der Waals surface area contributed by atoms with Gasteiger partial charge in [0.25, 0.3) is 10.0 Å². The number of ether oxygens (including phenoxy) is 2. The van der Waals surface area contributed by atoms with Crippen LogP contribution in [-0.2, 0) is 16.6 Å². The Morgan fingerprint density at radius 1 is 0.848 bits per heavy atom. The van der Waals surface area contributed by atoms with E-state index >= 15 is 0 Å². The third-order valence-electron chi connectivity index (χ3n) is 4.97. The van der Waals surface area contributed by atoms with Gasteiger partial charge in [-0.1, -0.05) is 60.7 Å². The number of nitrogens with one attached hydrogen (secondary N) is 1. The van der Waals surface area contributed by atoms with Crippen LogP contribution in [-0.4, -0.2) is 21.2 Å². The summed E-state index contributed by atoms with van der Waals surface area (Å²) >= 11 is 0. The highest BCUT2D eigenvalue weighted by molar-refractivity contribution is 7.89. The van der Waals surface area contributed by atoms with Crippen molar-refractivity contribution >= 4 is 27.0 Å². The first-order chi connectivity index (χ1) is 16.1. The van der Waals surface area contributed by atoms with Crippen LogP contribution in [0.15, 0.2) is 101 Å². The molecule has 0 aromatic heterocycles. The summed E-state index contributed by atoms with van der Waals surface area (Å²) in [7, 11) is -3.72. The third-order valence-corrected chi connectivity index (χ3v) is 6.21. The molecule has 168 valence electrons. The predicted octanol–water partition coefficient (Wildman–Crippen LogP) is 5.13. The van der Waals surface area contributed by atoms with Crippen molar-refractivity contribution in [1.82, 2.24) is 4.83 Å². The van der Waals surface area contributed by atoms with Crippen LogP contribution >= 0.6 is 0 Å². The molecule has 4 rings (SSSR count). The monoisotopic (exact) mass is 460 g/mol. The minimum absolute atomic E-state index is 0.148. The molecule has 4 aromatic carbocycles. The number of rotatable bonds is 9. The second-order valence-electron chi connectivity index (χ2n) is 7.23. The van der Waals surface area contributed by atoms with Gasteiger partial charge in [0.05, 0.1) is 17.7 Å². The second-order valence-corrected chi connectivity index (χ2v) is 8.89. The Labute approximate surface area is 193 Å². The van der Waals surface area contributed by atoms with Crippen molar-refractivity contribution in [3.05, 3.63) is 102 Å². The summed E-state index contributed by atoms with van der Waals surface area (Å²) in [6.07, 6.45) is 1.43. The Morgan fingerprint density at radius 2 is 1.61 bits per heavy atom. The Bertz CT molecular complexity index is 1360.